The van der Waals surface area contributed by atoms with Crippen molar-refractivity contribution in [3.8, 4) is 0 Å². The van der Waals surface area contributed by atoms with E-state index in [0.717, 1.165) is 12.8 Å². The van der Waals surface area contributed by atoms with Crippen molar-refractivity contribution in [2.45, 2.75) is 51.3 Å². The van der Waals surface area contributed by atoms with Crippen LogP contribution < -0.4 is 21.9 Å². The molecule has 3 N–H and O–H groups in total. The molecule has 0 atom stereocenters. The number of methoxy groups -OCH3 is 1. The number of H-pyrrole nitrogens is 1. The highest BCUT2D eigenvalue weighted by Gasteiger charge is 2.25. The van der Waals surface area contributed by atoms with Crippen molar-refractivity contribution in [3.05, 3.63) is 20.8 Å². The lowest BCUT2D eigenvalue weighted by molar-refractivity contribution is -0.116. The number of nitrogens with two attached hydrogens (primary N) is 1. The van der Waals surface area contributed by atoms with Gasteiger partial charge in [0, 0.05) is 25.4 Å². The fraction of sp³-hybridized carbons (Fsp3) is 0.722. The first-order valence-corrected chi connectivity index (χ1v) is 10.4. The number of hydrogen-bond acceptors (Lipinski definition) is 6. The molecule has 1 amide bonds. The van der Waals surface area contributed by atoms with Gasteiger partial charge in [-0.1, -0.05) is 26.7 Å². The minimum atomic E-state index is -0.646. The van der Waals surface area contributed by atoms with Crippen molar-refractivity contribution < 1.29 is 9.53 Å². The van der Waals surface area contributed by atoms with Gasteiger partial charge in [-0.25, -0.2) is 4.79 Å². The molecule has 152 valence electrons. The molecule has 2 rings (SSSR count). The number of hydrogen-bond donors (Lipinski definition) is 2. The van der Waals surface area contributed by atoms with Gasteiger partial charge in [0.15, 0.2) is 5.69 Å². The van der Waals surface area contributed by atoms with Crippen LogP contribution in [0.1, 0.15) is 39.5 Å². The second-order valence-corrected chi connectivity index (χ2v) is 8.54. The van der Waals surface area contributed by atoms with E-state index in [0.29, 0.717) is 11.8 Å². The van der Waals surface area contributed by atoms with E-state index >= 15 is 0 Å². The predicted octanol–water partition coefficient (Wildman–Crippen LogP) is 1.43. The van der Waals surface area contributed by atoms with Gasteiger partial charge < -0.3 is 15.4 Å². The Morgan fingerprint density at radius 2 is 2.04 bits per heavy atom. The summed E-state index contributed by atoms with van der Waals surface area (Å²) >= 11 is 1.62. The van der Waals surface area contributed by atoms with Gasteiger partial charge >= 0.3 is 5.69 Å². The van der Waals surface area contributed by atoms with Crippen molar-refractivity contribution in [3.63, 3.8) is 0 Å². The molecule has 0 radical (unpaired) electrons. The minimum absolute atomic E-state index is 0.0211. The summed E-state index contributed by atoms with van der Waals surface area (Å²) in [5.41, 5.74) is 4.99. The number of ether oxygens (including phenoxy) is 1. The number of aromatic amines is 1. The lowest BCUT2D eigenvalue weighted by Gasteiger charge is -2.25. The maximum absolute atomic E-state index is 12.9. The van der Waals surface area contributed by atoms with E-state index in [2.05, 4.69) is 4.98 Å². The van der Waals surface area contributed by atoms with Crippen molar-refractivity contribution in [1.29, 1.82) is 0 Å². The largest absolute Gasteiger partial charge is 0.383 e. The minimum Gasteiger partial charge on any atom is -0.383 e. The number of nitrogens with one attached hydrogen (secondary N) is 1. The number of aromatic nitrogens is 2. The molecule has 1 fully saturated rings. The maximum Gasteiger partial charge on any atom is 0.330 e. The predicted molar refractivity (Wildman–Crippen MR) is 110 cm³/mol. The van der Waals surface area contributed by atoms with Gasteiger partial charge in [-0.2, -0.15) is 0 Å². The van der Waals surface area contributed by atoms with E-state index in [1.807, 2.05) is 13.8 Å². The quantitative estimate of drug-likeness (QED) is 0.651. The zero-order valence-corrected chi connectivity index (χ0v) is 17.1. The normalized spacial score (nSPS) is 14.8. The summed E-state index contributed by atoms with van der Waals surface area (Å²) in [5.74, 6) is 0.254. The van der Waals surface area contributed by atoms with E-state index in [1.165, 1.54) is 29.4 Å². The summed E-state index contributed by atoms with van der Waals surface area (Å²) in [5, 5.41) is 0.490. The van der Waals surface area contributed by atoms with Crippen LogP contribution in [0.2, 0.25) is 0 Å². The summed E-state index contributed by atoms with van der Waals surface area (Å²) in [6, 6.07) is 0. The third-order valence-electron chi connectivity index (χ3n) is 4.60. The van der Waals surface area contributed by atoms with Crippen LogP contribution in [0, 0.1) is 5.92 Å². The molecule has 0 aromatic carbocycles. The molecule has 1 aromatic heterocycles. The van der Waals surface area contributed by atoms with Crippen LogP contribution in [0.4, 0.5) is 11.5 Å². The van der Waals surface area contributed by atoms with Crippen LogP contribution in [-0.2, 0) is 16.1 Å². The Kier molecular flexibility index (Phi) is 7.97. The summed E-state index contributed by atoms with van der Waals surface area (Å²) in [4.78, 5) is 41.2. The SMILES string of the molecule is COCCN(C(=O)CSC1CCCC1)c1c(N)n(CC(C)C)c(=O)[nH]c1=O. The van der Waals surface area contributed by atoms with E-state index in [9.17, 15) is 14.4 Å². The third kappa shape index (κ3) is 5.62. The molecule has 1 aliphatic carbocycles. The molecular formula is C18H30N4O4S. The molecule has 1 heterocycles. The van der Waals surface area contributed by atoms with Crippen LogP contribution >= 0.6 is 11.8 Å². The zero-order chi connectivity index (χ0) is 20.0. The van der Waals surface area contributed by atoms with Crippen molar-refractivity contribution in [2.75, 3.05) is 36.6 Å². The van der Waals surface area contributed by atoms with Gasteiger partial charge in [-0.3, -0.25) is 19.1 Å². The van der Waals surface area contributed by atoms with Crippen LogP contribution in [0.5, 0.6) is 0 Å². The van der Waals surface area contributed by atoms with Crippen LogP contribution in [0.3, 0.4) is 0 Å². The number of nitrogen functional groups attached to an aromatic ring is 1. The van der Waals surface area contributed by atoms with Gasteiger partial charge in [-0.15, -0.1) is 11.8 Å². The van der Waals surface area contributed by atoms with E-state index in [1.54, 1.807) is 11.8 Å². The molecule has 1 aromatic rings. The third-order valence-corrected chi connectivity index (χ3v) is 5.95. The Hall–Kier alpha value is -1.74. The second-order valence-electron chi connectivity index (χ2n) is 7.25. The number of carbonyl (C=O) groups excluding carboxylic acids is 1. The van der Waals surface area contributed by atoms with Gasteiger partial charge in [0.25, 0.3) is 5.56 Å². The van der Waals surface area contributed by atoms with Crippen LogP contribution in [0.15, 0.2) is 9.59 Å². The Bertz CT molecular complexity index is 753. The molecular weight excluding hydrogens is 368 g/mol. The summed E-state index contributed by atoms with van der Waals surface area (Å²) < 4.78 is 6.42. The van der Waals surface area contributed by atoms with Crippen molar-refractivity contribution >= 4 is 29.2 Å². The van der Waals surface area contributed by atoms with Crippen molar-refractivity contribution in [1.82, 2.24) is 9.55 Å². The van der Waals surface area contributed by atoms with Crippen LogP contribution in [-0.4, -0.2) is 46.7 Å². The number of nitrogens with zero attached hydrogens (tertiary/aromatic N) is 2. The summed E-state index contributed by atoms with van der Waals surface area (Å²) in [7, 11) is 1.53. The van der Waals surface area contributed by atoms with Gasteiger partial charge in [0.05, 0.1) is 12.4 Å². The van der Waals surface area contributed by atoms with E-state index in [4.69, 9.17) is 10.5 Å². The van der Waals surface area contributed by atoms with E-state index in [-0.39, 0.29) is 42.2 Å². The lowest BCUT2D eigenvalue weighted by atomic mass is 10.2. The Morgan fingerprint density at radius 3 is 2.63 bits per heavy atom. The monoisotopic (exact) mass is 398 g/mol. The van der Waals surface area contributed by atoms with Crippen LogP contribution in [0.25, 0.3) is 0 Å². The Balaban J connectivity index is 2.32. The first-order valence-electron chi connectivity index (χ1n) is 9.38. The molecule has 0 saturated heterocycles. The highest BCUT2D eigenvalue weighted by molar-refractivity contribution is 8.00. The van der Waals surface area contributed by atoms with Gasteiger partial charge in [-0.05, 0) is 18.8 Å². The molecule has 9 heteroatoms. The standard InChI is InChI=1S/C18H30N4O4S/c1-12(2)10-22-16(19)15(17(24)20-18(22)25)21(8-9-26-3)14(23)11-27-13-6-4-5-7-13/h12-13H,4-11,19H2,1-3H3,(H,20,24,25). The Labute approximate surface area is 163 Å². The molecule has 0 bridgehead atoms. The number of thioether (sulfide) groups is 1. The Morgan fingerprint density at radius 1 is 1.37 bits per heavy atom. The van der Waals surface area contributed by atoms with Gasteiger partial charge in [0.1, 0.15) is 5.82 Å². The maximum atomic E-state index is 12.9. The molecule has 1 saturated carbocycles. The lowest BCUT2D eigenvalue weighted by Crippen LogP contribution is -2.43. The number of rotatable bonds is 9. The highest BCUT2D eigenvalue weighted by atomic mass is 32.2. The molecule has 0 spiro atoms. The topological polar surface area (TPSA) is 110 Å². The molecule has 27 heavy (non-hydrogen) atoms. The average molecular weight is 399 g/mol. The molecule has 0 aliphatic heterocycles. The fourth-order valence-corrected chi connectivity index (χ4v) is 4.45. The molecule has 0 unspecified atom stereocenters. The highest BCUT2D eigenvalue weighted by Crippen LogP contribution is 2.30. The smallest absolute Gasteiger partial charge is 0.330 e. The number of anilines is 2. The number of carbonyl (C=O) groups is 1. The molecule has 8 nitrogen and oxygen atoms in total. The summed E-state index contributed by atoms with van der Waals surface area (Å²) in [6.07, 6.45) is 4.65. The second kappa shape index (κ2) is 9.98. The van der Waals surface area contributed by atoms with Crippen molar-refractivity contribution in [2.24, 2.45) is 5.92 Å². The first kappa shape index (κ1) is 21.6. The molecule has 1 aliphatic rings. The number of amides is 1. The van der Waals surface area contributed by atoms with E-state index < -0.39 is 11.2 Å². The zero-order valence-electron chi connectivity index (χ0n) is 16.3. The summed E-state index contributed by atoms with van der Waals surface area (Å²) in [6.45, 7) is 4.72. The average Bonchev–Trinajstić information content (AvgIpc) is 3.12. The first-order chi connectivity index (χ1) is 12.8. The fourth-order valence-electron chi connectivity index (χ4n) is 3.25. The van der Waals surface area contributed by atoms with Gasteiger partial charge in [0.2, 0.25) is 5.91 Å².